The fraction of sp³-hybridized carbons (Fsp3) is 0.345. The lowest BCUT2D eigenvalue weighted by atomic mass is 9.91. The van der Waals surface area contributed by atoms with Crippen LogP contribution in [0.15, 0.2) is 48.7 Å². The third-order valence-electron chi connectivity index (χ3n) is 6.45. The Morgan fingerprint density at radius 2 is 1.84 bits per heavy atom. The first kappa shape index (κ1) is 26.6. The number of aromatic nitrogens is 2. The van der Waals surface area contributed by atoms with Gasteiger partial charge in [-0.15, -0.1) is 11.3 Å². The normalized spacial score (nSPS) is 15.1. The molecule has 1 aliphatic heterocycles. The van der Waals surface area contributed by atoms with Crippen molar-refractivity contribution in [2.75, 3.05) is 31.1 Å². The molecule has 3 heterocycles. The second-order valence-corrected chi connectivity index (χ2v) is 11.9. The number of anilines is 1. The molecule has 38 heavy (non-hydrogen) atoms. The molecule has 1 saturated heterocycles. The van der Waals surface area contributed by atoms with Gasteiger partial charge in [-0.25, -0.2) is 14.8 Å². The molecule has 4 aromatic rings. The Kier molecular flexibility index (Phi) is 7.42. The van der Waals surface area contributed by atoms with Crippen molar-refractivity contribution in [3.63, 3.8) is 0 Å². The zero-order chi connectivity index (χ0) is 27.0. The van der Waals surface area contributed by atoms with E-state index in [4.69, 9.17) is 21.3 Å². The van der Waals surface area contributed by atoms with E-state index in [2.05, 4.69) is 21.3 Å². The van der Waals surface area contributed by atoms with E-state index in [1.807, 2.05) is 70.3 Å². The molecule has 2 aromatic heterocycles. The molecule has 1 unspecified atom stereocenters. The van der Waals surface area contributed by atoms with Crippen LogP contribution in [0.1, 0.15) is 38.0 Å². The van der Waals surface area contributed by atoms with Gasteiger partial charge in [-0.2, -0.15) is 0 Å². The number of hydrogen-bond acceptors (Lipinski definition) is 7. The summed E-state index contributed by atoms with van der Waals surface area (Å²) in [6.45, 7) is 11.2. The number of benzene rings is 2. The minimum atomic E-state index is -1.14. The van der Waals surface area contributed by atoms with E-state index >= 15 is 0 Å². The number of pyridine rings is 1. The van der Waals surface area contributed by atoms with E-state index in [-0.39, 0.29) is 0 Å². The molecule has 0 saturated carbocycles. The van der Waals surface area contributed by atoms with E-state index in [9.17, 15) is 9.90 Å². The van der Waals surface area contributed by atoms with Crippen molar-refractivity contribution in [2.24, 2.45) is 0 Å². The monoisotopic (exact) mass is 550 g/mol. The van der Waals surface area contributed by atoms with Gasteiger partial charge in [0.15, 0.2) is 6.10 Å². The van der Waals surface area contributed by atoms with Crippen molar-refractivity contribution in [1.82, 2.24) is 15.3 Å². The number of carboxylic acids is 1. The van der Waals surface area contributed by atoms with Gasteiger partial charge in [-0.05, 0) is 69.2 Å². The second kappa shape index (κ2) is 10.6. The SMILES string of the molecule is Cc1cc2nc(-c3ccnc(N4CCNCC4)c3)sc2c(-c2ccc(Cl)cc2)c1C(OC(C)(C)C)C(=O)O. The first-order valence-electron chi connectivity index (χ1n) is 12.6. The summed E-state index contributed by atoms with van der Waals surface area (Å²) in [6, 6.07) is 13.5. The molecule has 2 N–H and O–H groups in total. The lowest BCUT2D eigenvalue weighted by molar-refractivity contribution is -0.160. The van der Waals surface area contributed by atoms with E-state index < -0.39 is 17.7 Å². The highest BCUT2D eigenvalue weighted by Crippen LogP contribution is 2.44. The van der Waals surface area contributed by atoms with Crippen LogP contribution in [0.25, 0.3) is 31.9 Å². The van der Waals surface area contributed by atoms with Gasteiger partial charge in [0, 0.05) is 54.1 Å². The summed E-state index contributed by atoms with van der Waals surface area (Å²) in [6.07, 6.45) is 0.684. The number of ether oxygens (including phenoxy) is 1. The quantitative estimate of drug-likeness (QED) is 0.290. The standard InChI is InChI=1S/C29H31ClN4O3S/c1-17-15-21-26(38-27(33-21)19-9-10-32-22(16-19)34-13-11-31-12-14-34)24(18-5-7-20(30)8-6-18)23(17)25(28(35)36)37-29(2,3)4/h5-10,15-16,25,31H,11-14H2,1-4H3,(H,35,36). The highest BCUT2D eigenvalue weighted by Gasteiger charge is 2.32. The molecule has 0 bridgehead atoms. The van der Waals surface area contributed by atoms with E-state index in [0.29, 0.717) is 10.6 Å². The van der Waals surface area contributed by atoms with Crippen LogP contribution in [0.2, 0.25) is 5.02 Å². The molecule has 198 valence electrons. The minimum absolute atomic E-state index is 0.613. The third-order valence-corrected chi connectivity index (χ3v) is 7.84. The minimum Gasteiger partial charge on any atom is -0.479 e. The van der Waals surface area contributed by atoms with E-state index in [0.717, 1.165) is 69.5 Å². The van der Waals surface area contributed by atoms with Crippen LogP contribution in [0, 0.1) is 6.92 Å². The van der Waals surface area contributed by atoms with Gasteiger partial charge in [0.1, 0.15) is 10.8 Å². The lowest BCUT2D eigenvalue weighted by Crippen LogP contribution is -2.43. The number of nitrogens with zero attached hydrogens (tertiary/aromatic N) is 3. The van der Waals surface area contributed by atoms with Gasteiger partial charge in [0.25, 0.3) is 0 Å². The van der Waals surface area contributed by atoms with Crippen LogP contribution < -0.4 is 10.2 Å². The van der Waals surface area contributed by atoms with Crippen molar-refractivity contribution in [1.29, 1.82) is 0 Å². The van der Waals surface area contributed by atoms with Crippen molar-refractivity contribution in [2.45, 2.75) is 39.4 Å². The van der Waals surface area contributed by atoms with Crippen LogP contribution in [-0.4, -0.2) is 52.8 Å². The van der Waals surface area contributed by atoms with Gasteiger partial charge < -0.3 is 20.1 Å². The number of halogens is 1. The first-order valence-corrected chi connectivity index (χ1v) is 13.8. The van der Waals surface area contributed by atoms with Crippen molar-refractivity contribution < 1.29 is 14.6 Å². The van der Waals surface area contributed by atoms with Gasteiger partial charge in [-0.1, -0.05) is 23.7 Å². The zero-order valence-electron chi connectivity index (χ0n) is 21.9. The van der Waals surface area contributed by atoms with Crippen LogP contribution in [0.5, 0.6) is 0 Å². The molecule has 5 rings (SSSR count). The van der Waals surface area contributed by atoms with Gasteiger partial charge in [-0.3, -0.25) is 0 Å². The zero-order valence-corrected chi connectivity index (χ0v) is 23.5. The molecule has 1 aliphatic rings. The number of aryl methyl sites for hydroxylation is 1. The topological polar surface area (TPSA) is 87.6 Å². The van der Waals surface area contributed by atoms with Crippen molar-refractivity contribution in [3.05, 3.63) is 64.8 Å². The summed E-state index contributed by atoms with van der Waals surface area (Å²) >= 11 is 7.76. The summed E-state index contributed by atoms with van der Waals surface area (Å²) in [5.41, 5.74) is 4.27. The first-order chi connectivity index (χ1) is 18.1. The Bertz CT molecular complexity index is 1470. The summed E-state index contributed by atoms with van der Waals surface area (Å²) in [5, 5.41) is 15.1. The molecular weight excluding hydrogens is 520 g/mol. The fourth-order valence-electron chi connectivity index (χ4n) is 4.78. The number of thiazole rings is 1. The molecule has 0 radical (unpaired) electrons. The smallest absolute Gasteiger partial charge is 0.337 e. The van der Waals surface area contributed by atoms with Crippen LogP contribution in [-0.2, 0) is 9.53 Å². The molecule has 1 atom stereocenters. The Hall–Kier alpha value is -3.04. The second-order valence-electron chi connectivity index (χ2n) is 10.4. The lowest BCUT2D eigenvalue weighted by Gasteiger charge is -2.28. The number of piperazine rings is 1. The van der Waals surface area contributed by atoms with Crippen molar-refractivity contribution in [3.8, 4) is 21.7 Å². The fourth-order valence-corrected chi connectivity index (χ4v) is 6.03. The largest absolute Gasteiger partial charge is 0.479 e. The van der Waals surface area contributed by atoms with Crippen molar-refractivity contribution >= 4 is 44.9 Å². The highest BCUT2D eigenvalue weighted by molar-refractivity contribution is 7.22. The highest BCUT2D eigenvalue weighted by atomic mass is 35.5. The predicted octanol–water partition coefficient (Wildman–Crippen LogP) is 6.34. The number of fused-ring (bicyclic) bond motifs is 1. The third kappa shape index (κ3) is 5.54. The molecule has 9 heteroatoms. The summed E-state index contributed by atoms with van der Waals surface area (Å²) in [4.78, 5) is 24.4. The molecular formula is C29H31ClN4O3S. The number of carboxylic acid groups (broad SMARTS) is 1. The van der Waals surface area contributed by atoms with Gasteiger partial charge in [0.05, 0.1) is 15.8 Å². The van der Waals surface area contributed by atoms with E-state index in [1.165, 1.54) is 0 Å². The average molecular weight is 551 g/mol. The number of hydrogen-bond donors (Lipinski definition) is 2. The molecule has 0 spiro atoms. The maximum atomic E-state index is 12.5. The number of aliphatic carboxylic acids is 1. The number of carbonyl (C=O) groups is 1. The Labute approximate surface area is 231 Å². The van der Waals surface area contributed by atoms with Gasteiger partial charge in [0.2, 0.25) is 0 Å². The summed E-state index contributed by atoms with van der Waals surface area (Å²) in [7, 11) is 0. The summed E-state index contributed by atoms with van der Waals surface area (Å²) < 4.78 is 7.02. The van der Waals surface area contributed by atoms with Crippen LogP contribution >= 0.6 is 22.9 Å². The Morgan fingerprint density at radius 1 is 1.13 bits per heavy atom. The molecule has 0 aliphatic carbocycles. The molecule has 2 aromatic carbocycles. The summed E-state index contributed by atoms with van der Waals surface area (Å²) in [5.74, 6) is -0.0975. The maximum Gasteiger partial charge on any atom is 0.337 e. The Morgan fingerprint density at radius 3 is 2.50 bits per heavy atom. The molecule has 1 fully saturated rings. The maximum absolute atomic E-state index is 12.5. The molecule has 7 nitrogen and oxygen atoms in total. The van der Waals surface area contributed by atoms with Crippen LogP contribution in [0.4, 0.5) is 5.82 Å². The number of rotatable bonds is 6. The average Bonchev–Trinajstić information content (AvgIpc) is 3.31. The van der Waals surface area contributed by atoms with Gasteiger partial charge >= 0.3 is 5.97 Å². The van der Waals surface area contributed by atoms with E-state index in [1.54, 1.807) is 11.3 Å². The predicted molar refractivity (Wildman–Crippen MR) is 154 cm³/mol. The Balaban J connectivity index is 1.70. The van der Waals surface area contributed by atoms with Crippen LogP contribution in [0.3, 0.4) is 0 Å². The molecule has 0 amide bonds. The number of nitrogens with one attached hydrogen (secondary N) is 1.